The van der Waals surface area contributed by atoms with Crippen molar-refractivity contribution in [2.75, 3.05) is 7.11 Å². The van der Waals surface area contributed by atoms with Crippen molar-refractivity contribution in [1.82, 2.24) is 25.2 Å². The molecule has 1 amide bonds. The van der Waals surface area contributed by atoms with E-state index in [0.29, 0.717) is 0 Å². The molecule has 186 valence electrons. The number of carbonyl (C=O) groups is 1. The number of primary amides is 1. The second-order valence-electron chi connectivity index (χ2n) is 8.15. The molecule has 0 unspecified atom stereocenters. The van der Waals surface area contributed by atoms with Crippen LogP contribution < -0.4 is 10.5 Å². The van der Waals surface area contributed by atoms with Gasteiger partial charge in [-0.2, -0.15) is 22.2 Å². The lowest BCUT2D eigenvalue weighted by atomic mass is 9.77. The Balaban J connectivity index is 1.92. The van der Waals surface area contributed by atoms with E-state index < -0.39 is 53.0 Å². The van der Waals surface area contributed by atoms with E-state index in [9.17, 15) is 26.7 Å². The van der Waals surface area contributed by atoms with Crippen molar-refractivity contribution in [3.05, 3.63) is 59.2 Å². The van der Waals surface area contributed by atoms with Crippen LogP contribution in [-0.2, 0) is 4.74 Å². The van der Waals surface area contributed by atoms with Gasteiger partial charge in [0.05, 0.1) is 12.8 Å². The first-order valence-electron chi connectivity index (χ1n) is 10.2. The van der Waals surface area contributed by atoms with Gasteiger partial charge in [0.2, 0.25) is 5.82 Å². The molecule has 2 aromatic heterocycles. The number of ether oxygens (including phenoxy) is 2. The highest BCUT2D eigenvalue weighted by molar-refractivity contribution is 5.91. The van der Waals surface area contributed by atoms with Crippen LogP contribution in [0.2, 0.25) is 0 Å². The molecule has 0 aliphatic carbocycles. The summed E-state index contributed by atoms with van der Waals surface area (Å²) in [6.07, 6.45) is -5.07. The lowest BCUT2D eigenvalue weighted by Crippen LogP contribution is -2.46. The number of rotatable bonds is 5. The monoisotopic (exact) mass is 498 g/mol. The Hall–Kier alpha value is -3.68. The number of pyridine rings is 1. The normalized spacial score (nSPS) is 24.5. The lowest BCUT2D eigenvalue weighted by Gasteiger charge is -2.32. The third-order valence-corrected chi connectivity index (χ3v) is 6.30. The Morgan fingerprint density at radius 2 is 1.97 bits per heavy atom. The second kappa shape index (κ2) is 8.52. The van der Waals surface area contributed by atoms with Gasteiger partial charge in [-0.25, -0.2) is 4.39 Å². The maximum absolute atomic E-state index is 14.5. The zero-order valence-corrected chi connectivity index (χ0v) is 18.5. The van der Waals surface area contributed by atoms with E-state index in [2.05, 4.69) is 20.5 Å². The maximum atomic E-state index is 14.5. The summed E-state index contributed by atoms with van der Waals surface area (Å²) in [5.41, 5.74) is 2.54. The number of carbonyl (C=O) groups excluding carboxylic acids is 1. The van der Waals surface area contributed by atoms with Gasteiger partial charge in [-0.1, -0.05) is 13.0 Å². The van der Waals surface area contributed by atoms with Crippen molar-refractivity contribution in [2.45, 2.75) is 37.6 Å². The number of amides is 1. The van der Waals surface area contributed by atoms with Crippen molar-refractivity contribution in [3.63, 3.8) is 0 Å². The molecule has 4 rings (SSSR count). The lowest BCUT2D eigenvalue weighted by molar-refractivity contribution is -0.275. The van der Waals surface area contributed by atoms with E-state index >= 15 is 0 Å². The first-order chi connectivity index (χ1) is 16.4. The average Bonchev–Trinajstić information content (AvgIpc) is 3.39. The summed E-state index contributed by atoms with van der Waals surface area (Å²) in [7, 11) is 1.08. The fourth-order valence-electron chi connectivity index (χ4n) is 4.28. The second-order valence-corrected chi connectivity index (χ2v) is 8.15. The van der Waals surface area contributed by atoms with Gasteiger partial charge in [0, 0.05) is 23.6 Å². The highest BCUT2D eigenvalue weighted by atomic mass is 19.4. The van der Waals surface area contributed by atoms with Gasteiger partial charge in [0.15, 0.2) is 23.0 Å². The van der Waals surface area contributed by atoms with Crippen LogP contribution in [0.4, 0.5) is 22.0 Å². The molecule has 0 saturated carbocycles. The van der Waals surface area contributed by atoms with Crippen molar-refractivity contribution in [3.8, 4) is 11.4 Å². The number of benzene rings is 1. The first-order valence-corrected chi connectivity index (χ1v) is 10.2. The molecule has 1 saturated heterocycles. The van der Waals surface area contributed by atoms with Gasteiger partial charge in [0.1, 0.15) is 11.8 Å². The number of nitrogens with zero attached hydrogens (tertiary/aromatic N) is 5. The predicted octanol–water partition coefficient (Wildman–Crippen LogP) is 3.26. The Bertz CT molecular complexity index is 1280. The van der Waals surface area contributed by atoms with Crippen LogP contribution in [-0.4, -0.2) is 50.0 Å². The molecular formula is C21H19F5N6O3. The molecule has 1 aliphatic rings. The fraction of sp³-hybridized carbons (Fsp3) is 0.381. The molecule has 1 aliphatic heterocycles. The van der Waals surface area contributed by atoms with Crippen molar-refractivity contribution >= 4 is 5.91 Å². The zero-order valence-electron chi connectivity index (χ0n) is 18.5. The number of aromatic nitrogens is 5. The standard InChI is InChI=1S/C21H19F5N6O3/c1-9-14(11-4-5-12(22)15(23)16(11)34-3)17(35-20(9,2)21(24,25)26)19-29-30-31-32(19)10-6-7-28-13(8-10)18(27)33/h4-9,14,17H,1-3H3,(H2,27,33)/t9-,14-,17+,20+/m0/s1. The summed E-state index contributed by atoms with van der Waals surface area (Å²) in [4.78, 5) is 15.4. The van der Waals surface area contributed by atoms with Crippen LogP contribution in [0.3, 0.4) is 0 Å². The third kappa shape index (κ3) is 3.87. The van der Waals surface area contributed by atoms with Gasteiger partial charge < -0.3 is 15.2 Å². The number of nitrogens with two attached hydrogens (primary N) is 1. The topological polar surface area (TPSA) is 118 Å². The summed E-state index contributed by atoms with van der Waals surface area (Å²) in [6.45, 7) is 2.15. The minimum atomic E-state index is -4.83. The molecule has 4 atom stereocenters. The number of tetrazole rings is 1. The molecule has 1 fully saturated rings. The van der Waals surface area contributed by atoms with Crippen molar-refractivity contribution < 1.29 is 36.2 Å². The van der Waals surface area contributed by atoms with Crippen LogP contribution in [0.15, 0.2) is 30.5 Å². The number of hydrogen-bond donors (Lipinski definition) is 1. The van der Waals surface area contributed by atoms with E-state index in [1.807, 2.05) is 0 Å². The Labute approximate surface area is 195 Å². The van der Waals surface area contributed by atoms with E-state index in [4.69, 9.17) is 15.2 Å². The molecule has 14 heteroatoms. The van der Waals surface area contributed by atoms with Crippen LogP contribution >= 0.6 is 0 Å². The smallest absolute Gasteiger partial charge is 0.417 e. The Kier molecular flexibility index (Phi) is 5.95. The maximum Gasteiger partial charge on any atom is 0.417 e. The van der Waals surface area contributed by atoms with Crippen LogP contribution in [0.1, 0.15) is 47.7 Å². The summed E-state index contributed by atoms with van der Waals surface area (Å²) in [5.74, 6) is -6.68. The Morgan fingerprint density at radius 1 is 1.26 bits per heavy atom. The third-order valence-electron chi connectivity index (χ3n) is 6.30. The molecule has 3 heterocycles. The van der Waals surface area contributed by atoms with Crippen LogP contribution in [0.5, 0.6) is 5.75 Å². The molecule has 1 aromatic carbocycles. The average molecular weight is 498 g/mol. The predicted molar refractivity (Wildman–Crippen MR) is 109 cm³/mol. The first kappa shape index (κ1) is 24.4. The number of halogens is 5. The summed E-state index contributed by atoms with van der Waals surface area (Å²) >= 11 is 0. The van der Waals surface area contributed by atoms with Gasteiger partial charge >= 0.3 is 6.18 Å². The van der Waals surface area contributed by atoms with Crippen LogP contribution in [0.25, 0.3) is 5.69 Å². The molecular weight excluding hydrogens is 479 g/mol. The Morgan fingerprint density at radius 3 is 2.60 bits per heavy atom. The summed E-state index contributed by atoms with van der Waals surface area (Å²) in [6, 6.07) is 4.59. The molecule has 0 bridgehead atoms. The molecule has 0 radical (unpaired) electrons. The van der Waals surface area contributed by atoms with Gasteiger partial charge in [-0.05, 0) is 35.5 Å². The number of hydrogen-bond acceptors (Lipinski definition) is 7. The molecule has 2 N–H and O–H groups in total. The number of methoxy groups -OCH3 is 1. The highest BCUT2D eigenvalue weighted by Crippen LogP contribution is 2.59. The minimum absolute atomic E-state index is 0.0565. The molecule has 35 heavy (non-hydrogen) atoms. The zero-order chi connectivity index (χ0) is 25.7. The largest absolute Gasteiger partial charge is 0.493 e. The number of alkyl halides is 3. The van der Waals surface area contributed by atoms with Crippen LogP contribution in [0, 0.1) is 17.6 Å². The quantitative estimate of drug-likeness (QED) is 0.537. The summed E-state index contributed by atoms with van der Waals surface area (Å²) < 4.78 is 82.6. The summed E-state index contributed by atoms with van der Waals surface area (Å²) in [5, 5.41) is 11.2. The van der Waals surface area contributed by atoms with Crippen molar-refractivity contribution in [1.29, 1.82) is 0 Å². The van der Waals surface area contributed by atoms with E-state index in [1.54, 1.807) is 0 Å². The van der Waals surface area contributed by atoms with Gasteiger partial charge in [0.25, 0.3) is 5.91 Å². The fourth-order valence-corrected chi connectivity index (χ4v) is 4.28. The molecule has 3 aromatic rings. The molecule has 9 nitrogen and oxygen atoms in total. The highest BCUT2D eigenvalue weighted by Gasteiger charge is 2.65. The van der Waals surface area contributed by atoms with Gasteiger partial charge in [-0.15, -0.1) is 5.10 Å². The molecule has 0 spiro atoms. The SMILES string of the molecule is COc1c([C@H]2[C@H](c3nnnn3-c3ccnc(C(N)=O)c3)O[C@@](C)(C(F)(F)F)[C@H]2C)ccc(F)c1F. The van der Waals surface area contributed by atoms with Gasteiger partial charge in [-0.3, -0.25) is 9.78 Å². The van der Waals surface area contributed by atoms with E-state index in [0.717, 1.165) is 30.8 Å². The van der Waals surface area contributed by atoms with E-state index in [-0.39, 0.29) is 22.8 Å². The van der Waals surface area contributed by atoms with Crippen molar-refractivity contribution in [2.24, 2.45) is 11.7 Å². The van der Waals surface area contributed by atoms with E-state index in [1.165, 1.54) is 25.3 Å². The minimum Gasteiger partial charge on any atom is -0.493 e.